The number of nitrogens with one attached hydrogen (secondary N) is 1. The maximum atomic E-state index is 11.3. The summed E-state index contributed by atoms with van der Waals surface area (Å²) in [5, 5.41) is 9.77. The zero-order valence-electron chi connectivity index (χ0n) is 11.7. The number of aliphatic carboxylic acids is 1. The summed E-state index contributed by atoms with van der Waals surface area (Å²) in [5.41, 5.74) is 0. The van der Waals surface area contributed by atoms with E-state index in [0.717, 1.165) is 6.08 Å². The van der Waals surface area contributed by atoms with Crippen LogP contribution in [0.25, 0.3) is 0 Å². The van der Waals surface area contributed by atoms with Crippen LogP contribution in [0.5, 0.6) is 0 Å². The van der Waals surface area contributed by atoms with Crippen LogP contribution in [0, 0.1) is 0 Å². The summed E-state index contributed by atoms with van der Waals surface area (Å²) in [6.45, 7) is 7.64. The lowest BCUT2D eigenvalue weighted by molar-refractivity contribution is -0.159. The van der Waals surface area contributed by atoms with Crippen molar-refractivity contribution in [1.29, 1.82) is 0 Å². The molecule has 20 heavy (non-hydrogen) atoms. The van der Waals surface area contributed by atoms with Crippen molar-refractivity contribution in [3.05, 3.63) is 12.7 Å². The van der Waals surface area contributed by atoms with Gasteiger partial charge in [-0.25, -0.2) is 14.4 Å². The fourth-order valence-corrected chi connectivity index (χ4v) is 0.869. The topological polar surface area (TPSA) is 119 Å². The van der Waals surface area contributed by atoms with E-state index in [0.29, 0.717) is 0 Å². The van der Waals surface area contributed by atoms with Crippen LogP contribution >= 0.6 is 0 Å². The second kappa shape index (κ2) is 11.7. The van der Waals surface area contributed by atoms with Crippen molar-refractivity contribution in [2.24, 2.45) is 0 Å². The summed E-state index contributed by atoms with van der Waals surface area (Å²) in [7, 11) is 0. The first kappa shape index (κ1) is 19.9. The van der Waals surface area contributed by atoms with Gasteiger partial charge in [0.2, 0.25) is 11.9 Å². The Morgan fingerprint density at radius 3 is 1.70 bits per heavy atom. The van der Waals surface area contributed by atoms with Crippen molar-refractivity contribution in [2.45, 2.75) is 26.8 Å². The highest BCUT2D eigenvalue weighted by Crippen LogP contribution is 1.94. The number of hydrogen-bond acceptors (Lipinski definition) is 6. The summed E-state index contributed by atoms with van der Waals surface area (Å²) in [6, 6.07) is -1.37. The average molecular weight is 289 g/mol. The number of hydrogen-bond donors (Lipinski definition) is 2. The molecule has 0 aromatic rings. The van der Waals surface area contributed by atoms with Crippen LogP contribution < -0.4 is 5.32 Å². The molecular weight excluding hydrogens is 270 g/mol. The molecule has 0 atom stereocenters. The Kier molecular flexibility index (Phi) is 11.7. The Bertz CT molecular complexity index is 347. The second-order valence-corrected chi connectivity index (χ2v) is 3.18. The van der Waals surface area contributed by atoms with Gasteiger partial charge in [0, 0.05) is 13.0 Å². The number of carbonyl (C=O) groups excluding carboxylic acids is 3. The van der Waals surface area contributed by atoms with Gasteiger partial charge in [-0.15, -0.1) is 0 Å². The maximum absolute atomic E-state index is 11.3. The van der Waals surface area contributed by atoms with Crippen LogP contribution in [0.15, 0.2) is 12.7 Å². The molecule has 0 saturated carbocycles. The highest BCUT2D eigenvalue weighted by molar-refractivity contribution is 6.02. The number of carbonyl (C=O) groups is 4. The van der Waals surface area contributed by atoms with E-state index in [1.165, 1.54) is 6.92 Å². The third-order valence-electron chi connectivity index (χ3n) is 1.57. The first-order valence-corrected chi connectivity index (χ1v) is 5.75. The molecule has 1 amide bonds. The lowest BCUT2D eigenvalue weighted by atomic mass is 10.3. The molecule has 0 fully saturated rings. The molecule has 0 aliphatic carbocycles. The number of carboxylic acid groups (broad SMARTS) is 1. The Labute approximate surface area is 116 Å². The van der Waals surface area contributed by atoms with Crippen molar-refractivity contribution in [3.8, 4) is 0 Å². The fraction of sp³-hybridized carbons (Fsp3) is 0.500. The Morgan fingerprint density at radius 2 is 1.50 bits per heavy atom. The molecule has 8 nitrogen and oxygen atoms in total. The van der Waals surface area contributed by atoms with E-state index in [1.54, 1.807) is 13.8 Å². The summed E-state index contributed by atoms with van der Waals surface area (Å²) < 4.78 is 9.24. The maximum Gasteiger partial charge on any atom is 0.340 e. The Balaban J connectivity index is 0. The molecule has 8 heteroatoms. The number of carboxylic acids is 1. The largest absolute Gasteiger partial charge is 0.478 e. The van der Waals surface area contributed by atoms with Gasteiger partial charge >= 0.3 is 17.9 Å². The first-order chi connectivity index (χ1) is 9.29. The lowest BCUT2D eigenvalue weighted by Crippen LogP contribution is -2.47. The van der Waals surface area contributed by atoms with E-state index in [2.05, 4.69) is 21.4 Å². The number of ether oxygens (including phenoxy) is 2. The zero-order valence-corrected chi connectivity index (χ0v) is 11.7. The van der Waals surface area contributed by atoms with E-state index in [-0.39, 0.29) is 13.2 Å². The van der Waals surface area contributed by atoms with Crippen molar-refractivity contribution < 1.29 is 33.8 Å². The highest BCUT2D eigenvalue weighted by atomic mass is 16.6. The van der Waals surface area contributed by atoms with Crippen molar-refractivity contribution in [2.75, 3.05) is 13.2 Å². The zero-order chi connectivity index (χ0) is 16.1. The summed E-state index contributed by atoms with van der Waals surface area (Å²) in [4.78, 5) is 42.5. The second-order valence-electron chi connectivity index (χ2n) is 3.18. The molecule has 0 aliphatic heterocycles. The monoisotopic (exact) mass is 289 g/mol. The highest BCUT2D eigenvalue weighted by Gasteiger charge is 2.30. The van der Waals surface area contributed by atoms with Gasteiger partial charge in [-0.2, -0.15) is 0 Å². The Hall–Kier alpha value is -2.38. The van der Waals surface area contributed by atoms with Crippen LogP contribution in [0.4, 0.5) is 0 Å². The van der Waals surface area contributed by atoms with Gasteiger partial charge in [-0.1, -0.05) is 6.58 Å². The third kappa shape index (κ3) is 10.8. The molecule has 0 saturated heterocycles. The van der Waals surface area contributed by atoms with Crippen LogP contribution in [0.3, 0.4) is 0 Å². The average Bonchev–Trinajstić information content (AvgIpc) is 2.36. The number of esters is 2. The molecule has 0 spiro atoms. The fourth-order valence-electron chi connectivity index (χ4n) is 0.869. The van der Waals surface area contributed by atoms with E-state index in [1.807, 2.05) is 0 Å². The van der Waals surface area contributed by atoms with Crippen LogP contribution in [-0.2, 0) is 28.7 Å². The van der Waals surface area contributed by atoms with Gasteiger partial charge in [-0.3, -0.25) is 4.79 Å². The van der Waals surface area contributed by atoms with Crippen LogP contribution in [-0.4, -0.2) is 48.2 Å². The molecule has 0 aromatic carbocycles. The number of amides is 1. The minimum Gasteiger partial charge on any atom is -0.478 e. The smallest absolute Gasteiger partial charge is 0.340 e. The molecule has 0 radical (unpaired) electrons. The minimum atomic E-state index is -1.37. The van der Waals surface area contributed by atoms with E-state index in [4.69, 9.17) is 5.11 Å². The van der Waals surface area contributed by atoms with Crippen LogP contribution in [0.1, 0.15) is 20.8 Å². The van der Waals surface area contributed by atoms with Crippen molar-refractivity contribution >= 4 is 23.8 Å². The number of rotatable bonds is 6. The van der Waals surface area contributed by atoms with E-state index < -0.39 is 29.9 Å². The van der Waals surface area contributed by atoms with Crippen LogP contribution in [0.2, 0.25) is 0 Å². The molecule has 2 N–H and O–H groups in total. The molecule has 0 bridgehead atoms. The van der Waals surface area contributed by atoms with Gasteiger partial charge < -0.3 is 19.9 Å². The standard InChI is InChI=1S/C9H15NO5.C3H4O2/c1-4-14-8(12)7(10-6(3)11)9(13)15-5-2;1-2-3(4)5/h7H,4-5H2,1-3H3,(H,10,11);2H,1H2,(H,4,5). The molecule has 0 aliphatic rings. The van der Waals surface area contributed by atoms with Gasteiger partial charge in [0.1, 0.15) is 0 Å². The predicted molar refractivity (Wildman–Crippen MR) is 68.7 cm³/mol. The Morgan fingerprint density at radius 1 is 1.15 bits per heavy atom. The van der Waals surface area contributed by atoms with Crippen molar-refractivity contribution in [3.63, 3.8) is 0 Å². The van der Waals surface area contributed by atoms with Gasteiger partial charge in [0.25, 0.3) is 0 Å². The van der Waals surface area contributed by atoms with Gasteiger partial charge in [0.05, 0.1) is 13.2 Å². The molecule has 114 valence electrons. The quantitative estimate of drug-likeness (QED) is 0.397. The van der Waals surface area contributed by atoms with E-state index in [9.17, 15) is 19.2 Å². The van der Waals surface area contributed by atoms with Crippen molar-refractivity contribution in [1.82, 2.24) is 5.32 Å². The van der Waals surface area contributed by atoms with Gasteiger partial charge in [-0.05, 0) is 13.8 Å². The normalized spacial score (nSPS) is 8.80. The molecule has 0 unspecified atom stereocenters. The summed E-state index contributed by atoms with van der Waals surface area (Å²) >= 11 is 0. The minimum absolute atomic E-state index is 0.133. The molecule has 0 heterocycles. The summed E-state index contributed by atoms with van der Waals surface area (Å²) in [6.07, 6.45) is 0.833. The summed E-state index contributed by atoms with van der Waals surface area (Å²) in [5.74, 6) is -3.11. The third-order valence-corrected chi connectivity index (χ3v) is 1.57. The molecule has 0 aromatic heterocycles. The van der Waals surface area contributed by atoms with Gasteiger partial charge in [0.15, 0.2) is 0 Å². The van der Waals surface area contributed by atoms with E-state index >= 15 is 0 Å². The predicted octanol–water partition coefficient (Wildman–Crippen LogP) is -0.126. The SMILES string of the molecule is C=CC(=O)O.CCOC(=O)C(NC(C)=O)C(=O)OCC. The lowest BCUT2D eigenvalue weighted by Gasteiger charge is -2.14. The molecule has 0 rings (SSSR count). The first-order valence-electron chi connectivity index (χ1n) is 5.75. The molecular formula is C12H19NO7.